The predicted octanol–water partition coefficient (Wildman–Crippen LogP) is 18.2. The number of imidazole rings is 1. The highest BCUT2D eigenvalue weighted by Crippen LogP contribution is 2.46. The molecule has 2 heterocycles. The SMILES string of the molecule is [2H]C(C)(C)c1cc(-c2ccc(-n3c(-c4cc(C(C([2H])([2H])[2H])(C([2H])([2H])[2H])C([2H])([2H])[2H])cc(C(C([2H])([2H])[2H])(C([2H])([2H])[2H])C([2H])([2H])[2H])c4O)nc4c(-c5cc(-c6cc(-c7ccc(C(C)(C)C)cc7)ccn6)cc(C(C)(C)C)c5)cccc43)c(C)c2)cc(C([2H])(C)C)c1. The molecule has 0 saturated carbocycles. The molecular weight excluding hydrogens is 839 g/mol. The molecular formula is C65H75N3O. The maximum atomic E-state index is 13.1. The van der Waals surface area contributed by atoms with Gasteiger partial charge in [0.1, 0.15) is 11.6 Å². The summed E-state index contributed by atoms with van der Waals surface area (Å²) in [4.78, 5) is 10.0. The van der Waals surface area contributed by atoms with E-state index in [1.807, 2.05) is 69.3 Å². The first-order valence-corrected chi connectivity index (χ1v) is 23.2. The van der Waals surface area contributed by atoms with E-state index in [2.05, 4.69) is 45.0 Å². The van der Waals surface area contributed by atoms with Gasteiger partial charge in [-0.25, -0.2) is 4.98 Å². The van der Waals surface area contributed by atoms with Gasteiger partial charge in [-0.05, 0) is 150 Å². The second kappa shape index (κ2) is 17.9. The summed E-state index contributed by atoms with van der Waals surface area (Å²) in [6.45, 7) is -3.45. The number of pyridine rings is 1. The fourth-order valence-corrected chi connectivity index (χ4v) is 8.82. The zero-order chi connectivity index (χ0) is 67.0. The van der Waals surface area contributed by atoms with Gasteiger partial charge in [0.2, 0.25) is 0 Å². The molecule has 6 aromatic carbocycles. The summed E-state index contributed by atoms with van der Waals surface area (Å²) in [6, 6.07) is 35.0. The molecule has 1 N–H and O–H groups in total. The number of phenolic OH excluding ortho intramolecular Hbond substituents is 1. The summed E-state index contributed by atoms with van der Waals surface area (Å²) < 4.78 is 178. The number of benzene rings is 6. The van der Waals surface area contributed by atoms with Crippen LogP contribution in [0.2, 0.25) is 0 Å². The van der Waals surface area contributed by atoms with E-state index in [-0.39, 0.29) is 28.2 Å². The average Bonchev–Trinajstić information content (AvgIpc) is 1.06. The lowest BCUT2D eigenvalue weighted by Gasteiger charge is -2.27. The third-order valence-electron chi connectivity index (χ3n) is 13.0. The zero-order valence-electron chi connectivity index (χ0n) is 61.4. The van der Waals surface area contributed by atoms with Gasteiger partial charge in [-0.1, -0.05) is 183 Å². The Labute approximate surface area is 442 Å². The van der Waals surface area contributed by atoms with Gasteiger partial charge >= 0.3 is 0 Å². The van der Waals surface area contributed by atoms with E-state index in [1.165, 1.54) is 4.57 Å². The fraction of sp³-hybridized carbons (Fsp3) is 0.354. The molecule has 0 aliphatic rings. The highest BCUT2D eigenvalue weighted by atomic mass is 16.3. The van der Waals surface area contributed by atoms with Gasteiger partial charge in [-0.3, -0.25) is 9.55 Å². The maximum Gasteiger partial charge on any atom is 0.149 e. The van der Waals surface area contributed by atoms with Crippen molar-refractivity contribution in [3.63, 3.8) is 0 Å². The topological polar surface area (TPSA) is 50.9 Å². The van der Waals surface area contributed by atoms with Crippen molar-refractivity contribution in [3.8, 4) is 67.5 Å². The summed E-state index contributed by atoms with van der Waals surface area (Å²) in [6.07, 6.45) is 1.73. The van der Waals surface area contributed by atoms with Crippen molar-refractivity contribution in [2.24, 2.45) is 0 Å². The minimum atomic E-state index is -4.16. The molecule has 0 fully saturated rings. The van der Waals surface area contributed by atoms with Crippen molar-refractivity contribution in [2.45, 2.75) is 151 Å². The first-order valence-electron chi connectivity index (χ1n) is 33.2. The third-order valence-corrected chi connectivity index (χ3v) is 13.0. The summed E-state index contributed by atoms with van der Waals surface area (Å²) in [5, 5.41) is 13.1. The van der Waals surface area contributed by atoms with Crippen LogP contribution in [-0.2, 0) is 21.7 Å². The standard InChI is InChI=1S/C65H75N3O/c1-39(2)45-30-46(40(3)4)32-47(31-45)43-23-26-57(41(5)29-43)68-58-20-18-19-53(59(58)67-61(68)54-37-52(64(12,13)14)38-55(60(54)69)65(15,16)17)48-33-49(35-51(34-48)63(9,10)11)56-36-44(27-28-66-56)42-21-24-50(25-22-42)62(6,7)8/h18-40,69H,1-17H3/i12D3,13D3,14D3,15D3,16D3,17D3,39D,40D. The maximum absolute atomic E-state index is 13.1. The van der Waals surface area contributed by atoms with Crippen LogP contribution in [0.3, 0.4) is 0 Å². The number of para-hydroxylation sites is 1. The Morgan fingerprint density at radius 3 is 1.75 bits per heavy atom. The first kappa shape index (κ1) is 29.7. The molecule has 69 heavy (non-hydrogen) atoms. The Morgan fingerprint density at radius 1 is 0.536 bits per heavy atom. The molecule has 2 aromatic heterocycles. The number of hydrogen-bond donors (Lipinski definition) is 1. The van der Waals surface area contributed by atoms with Crippen molar-refractivity contribution in [2.75, 3.05) is 0 Å². The number of rotatable bonds is 8. The van der Waals surface area contributed by atoms with E-state index < -0.39 is 97.4 Å². The van der Waals surface area contributed by atoms with E-state index in [1.54, 1.807) is 77.2 Å². The van der Waals surface area contributed by atoms with Crippen molar-refractivity contribution >= 4 is 11.0 Å². The Bertz CT molecular complexity index is 3900. The van der Waals surface area contributed by atoms with Crippen molar-refractivity contribution < 1.29 is 32.5 Å². The highest BCUT2D eigenvalue weighted by molar-refractivity contribution is 5.97. The van der Waals surface area contributed by atoms with Gasteiger partial charge in [0, 0.05) is 50.3 Å². The summed E-state index contributed by atoms with van der Waals surface area (Å²) in [5.74, 6) is -3.98. The number of hydrogen-bond acceptors (Lipinski definition) is 3. The van der Waals surface area contributed by atoms with E-state index >= 15 is 0 Å². The number of nitrogens with zero attached hydrogens (tertiary/aromatic N) is 3. The van der Waals surface area contributed by atoms with Crippen LogP contribution in [0.4, 0.5) is 0 Å². The average molecular weight is 934 g/mol. The molecule has 0 aliphatic carbocycles. The predicted molar refractivity (Wildman–Crippen MR) is 295 cm³/mol. The molecule has 4 heteroatoms. The Kier molecular flexibility index (Phi) is 7.71. The van der Waals surface area contributed by atoms with Crippen molar-refractivity contribution in [1.82, 2.24) is 14.5 Å². The van der Waals surface area contributed by atoms with Gasteiger partial charge in [0.15, 0.2) is 0 Å². The smallest absolute Gasteiger partial charge is 0.149 e. The lowest BCUT2D eigenvalue weighted by atomic mass is 9.79. The normalized spacial score (nSPS) is 18.4. The van der Waals surface area contributed by atoms with Crippen LogP contribution in [0.5, 0.6) is 5.75 Å². The number of aromatic nitrogens is 3. The van der Waals surface area contributed by atoms with Crippen LogP contribution in [0.25, 0.3) is 72.7 Å². The quantitative estimate of drug-likeness (QED) is 0.165. The first-order chi connectivity index (χ1) is 40.3. The van der Waals surface area contributed by atoms with Gasteiger partial charge < -0.3 is 5.11 Å². The minimum Gasteiger partial charge on any atom is -0.507 e. The number of phenols is 1. The molecule has 0 spiro atoms. The largest absolute Gasteiger partial charge is 0.507 e. The van der Waals surface area contributed by atoms with Gasteiger partial charge in [-0.15, -0.1) is 0 Å². The zero-order valence-corrected chi connectivity index (χ0v) is 41.4. The molecule has 0 amide bonds. The van der Waals surface area contributed by atoms with E-state index in [0.29, 0.717) is 56.3 Å². The fourth-order valence-electron chi connectivity index (χ4n) is 8.82. The van der Waals surface area contributed by atoms with Crippen LogP contribution >= 0.6 is 0 Å². The summed E-state index contributed by atoms with van der Waals surface area (Å²) in [7, 11) is 0. The second-order valence-electron chi connectivity index (χ2n) is 21.0. The molecule has 0 aliphatic heterocycles. The lowest BCUT2D eigenvalue weighted by Crippen LogP contribution is -2.17. The highest BCUT2D eigenvalue weighted by Gasteiger charge is 2.29. The molecule has 8 rings (SSSR count). The van der Waals surface area contributed by atoms with Crippen LogP contribution in [0.15, 0.2) is 128 Å². The molecule has 0 unspecified atom stereocenters. The molecule has 0 radical (unpaired) electrons. The Balaban J connectivity index is 1.56. The number of aromatic hydroxyl groups is 1. The minimum absolute atomic E-state index is 0.0721. The Morgan fingerprint density at radius 2 is 1.14 bits per heavy atom. The summed E-state index contributed by atoms with van der Waals surface area (Å²) >= 11 is 0. The molecule has 4 nitrogen and oxygen atoms in total. The molecule has 0 atom stereocenters. The third kappa shape index (κ3) is 9.96. The van der Waals surface area contributed by atoms with Crippen LogP contribution < -0.4 is 0 Å². The van der Waals surface area contributed by atoms with E-state index in [4.69, 9.17) is 37.4 Å². The Hall–Kier alpha value is -6.26. The van der Waals surface area contributed by atoms with Gasteiger partial charge in [0.05, 0.1) is 28.0 Å². The summed E-state index contributed by atoms with van der Waals surface area (Å²) in [5.41, 5.74) is -2.33. The number of fused-ring (bicyclic) bond motifs is 1. The monoisotopic (exact) mass is 934 g/mol. The van der Waals surface area contributed by atoms with E-state index in [0.717, 1.165) is 22.3 Å². The van der Waals surface area contributed by atoms with Crippen LogP contribution in [-0.4, -0.2) is 19.6 Å². The molecule has 356 valence electrons. The molecule has 0 bridgehead atoms. The van der Waals surface area contributed by atoms with Crippen LogP contribution in [0.1, 0.15) is 188 Å². The second-order valence-corrected chi connectivity index (χ2v) is 21.0. The van der Waals surface area contributed by atoms with Crippen LogP contribution in [0, 0.1) is 6.92 Å². The van der Waals surface area contributed by atoms with E-state index in [9.17, 15) is 5.11 Å². The van der Waals surface area contributed by atoms with Gasteiger partial charge in [-0.2, -0.15) is 0 Å². The number of aryl methyl sites for hydroxylation is 1. The van der Waals surface area contributed by atoms with Crippen molar-refractivity contribution in [3.05, 3.63) is 166 Å². The lowest BCUT2D eigenvalue weighted by molar-refractivity contribution is 0.446. The molecule has 8 aromatic rings. The molecule has 0 saturated heterocycles. The van der Waals surface area contributed by atoms with Crippen molar-refractivity contribution in [1.29, 1.82) is 0 Å². The van der Waals surface area contributed by atoms with Gasteiger partial charge in [0.25, 0.3) is 0 Å².